The van der Waals surface area contributed by atoms with E-state index >= 15 is 0 Å². The molecule has 4 nitrogen and oxygen atoms in total. The van der Waals surface area contributed by atoms with Crippen molar-refractivity contribution in [1.82, 2.24) is 0 Å². The normalized spacial score (nSPS) is 19.0. The summed E-state index contributed by atoms with van der Waals surface area (Å²) in [5, 5.41) is 0. The first-order valence-corrected chi connectivity index (χ1v) is 6.71. The minimum absolute atomic E-state index is 0.0615. The van der Waals surface area contributed by atoms with E-state index in [1.165, 1.54) is 0 Å². The van der Waals surface area contributed by atoms with Crippen molar-refractivity contribution in [3.8, 4) is 0 Å². The lowest BCUT2D eigenvalue weighted by atomic mass is 9.97. The van der Waals surface area contributed by atoms with Crippen molar-refractivity contribution < 1.29 is 14.3 Å². The van der Waals surface area contributed by atoms with Crippen LogP contribution in [0.25, 0.3) is 0 Å². The topological polar surface area (TPSA) is 46.6 Å². The molecule has 1 saturated heterocycles. The Morgan fingerprint density at radius 1 is 1.53 bits per heavy atom. The summed E-state index contributed by atoms with van der Waals surface area (Å²) in [5.74, 6) is -0.174. The van der Waals surface area contributed by atoms with E-state index in [2.05, 4.69) is 4.90 Å². The molecule has 1 fully saturated rings. The van der Waals surface area contributed by atoms with Crippen molar-refractivity contribution in [2.75, 3.05) is 24.6 Å². The highest BCUT2D eigenvalue weighted by Crippen LogP contribution is 2.24. The van der Waals surface area contributed by atoms with Crippen molar-refractivity contribution >= 4 is 17.9 Å². The number of piperidine rings is 1. The van der Waals surface area contributed by atoms with Gasteiger partial charge in [0.2, 0.25) is 0 Å². The lowest BCUT2D eigenvalue weighted by Gasteiger charge is -2.33. The standard InChI is InChI=1S/C15H19NO3/c1-2-19-15(18)13-6-4-8-16(10-13)14-7-3-5-12(9-14)11-17/h3,5,7,9,11,13H,2,4,6,8,10H2,1H3/t13-/m0/s1. The molecule has 0 unspecified atom stereocenters. The van der Waals surface area contributed by atoms with E-state index in [1.807, 2.05) is 25.1 Å². The number of anilines is 1. The number of carbonyl (C=O) groups excluding carboxylic acids is 2. The van der Waals surface area contributed by atoms with E-state index in [-0.39, 0.29) is 11.9 Å². The van der Waals surface area contributed by atoms with Gasteiger partial charge in [0.05, 0.1) is 12.5 Å². The van der Waals surface area contributed by atoms with E-state index in [0.717, 1.165) is 31.4 Å². The Hall–Kier alpha value is -1.84. The zero-order valence-corrected chi connectivity index (χ0v) is 11.2. The minimum Gasteiger partial charge on any atom is -0.466 e. The molecule has 0 radical (unpaired) electrons. The average molecular weight is 261 g/mol. The zero-order chi connectivity index (χ0) is 13.7. The van der Waals surface area contributed by atoms with E-state index in [4.69, 9.17) is 4.74 Å². The number of hydrogen-bond acceptors (Lipinski definition) is 4. The Kier molecular flexibility index (Phi) is 4.55. The minimum atomic E-state index is -0.112. The highest BCUT2D eigenvalue weighted by atomic mass is 16.5. The number of ether oxygens (including phenoxy) is 1. The fourth-order valence-corrected chi connectivity index (χ4v) is 2.46. The van der Waals surface area contributed by atoms with Crippen LogP contribution < -0.4 is 4.90 Å². The molecule has 0 amide bonds. The van der Waals surface area contributed by atoms with Crippen LogP contribution in [0.5, 0.6) is 0 Å². The lowest BCUT2D eigenvalue weighted by molar-refractivity contribution is -0.148. The van der Waals surface area contributed by atoms with Gasteiger partial charge in [-0.25, -0.2) is 0 Å². The summed E-state index contributed by atoms with van der Waals surface area (Å²) >= 11 is 0. The number of benzene rings is 1. The van der Waals surface area contributed by atoms with Gasteiger partial charge in [-0.15, -0.1) is 0 Å². The number of carbonyl (C=O) groups is 2. The van der Waals surface area contributed by atoms with E-state index in [1.54, 1.807) is 6.07 Å². The van der Waals surface area contributed by atoms with Crippen LogP contribution in [0, 0.1) is 5.92 Å². The third-order valence-corrected chi connectivity index (χ3v) is 3.41. The Morgan fingerprint density at radius 3 is 3.11 bits per heavy atom. The molecule has 0 aromatic heterocycles. The molecule has 0 saturated carbocycles. The highest BCUT2D eigenvalue weighted by molar-refractivity contribution is 5.77. The maximum absolute atomic E-state index is 11.8. The number of rotatable bonds is 4. The first kappa shape index (κ1) is 13.6. The maximum atomic E-state index is 11.8. The summed E-state index contributed by atoms with van der Waals surface area (Å²) in [6, 6.07) is 7.48. The summed E-state index contributed by atoms with van der Waals surface area (Å²) in [6.45, 7) is 3.83. The average Bonchev–Trinajstić information content (AvgIpc) is 2.48. The first-order valence-electron chi connectivity index (χ1n) is 6.71. The van der Waals surface area contributed by atoms with Gasteiger partial charge < -0.3 is 9.64 Å². The number of nitrogens with zero attached hydrogens (tertiary/aromatic N) is 1. The molecule has 19 heavy (non-hydrogen) atoms. The number of aldehydes is 1. The Balaban J connectivity index is 2.07. The molecule has 2 rings (SSSR count). The van der Waals surface area contributed by atoms with Crippen LogP contribution in [0.1, 0.15) is 30.1 Å². The summed E-state index contributed by atoms with van der Waals surface area (Å²) < 4.78 is 5.09. The van der Waals surface area contributed by atoms with E-state index < -0.39 is 0 Å². The van der Waals surface area contributed by atoms with Crippen molar-refractivity contribution in [1.29, 1.82) is 0 Å². The molecule has 1 atom stereocenters. The Bertz CT molecular complexity index is 458. The second kappa shape index (κ2) is 6.36. The lowest BCUT2D eigenvalue weighted by Crippen LogP contribution is -2.39. The fourth-order valence-electron chi connectivity index (χ4n) is 2.46. The van der Waals surface area contributed by atoms with E-state index in [0.29, 0.717) is 18.7 Å². The predicted octanol–water partition coefficient (Wildman–Crippen LogP) is 2.28. The third kappa shape index (κ3) is 3.34. The molecule has 1 heterocycles. The SMILES string of the molecule is CCOC(=O)[C@H]1CCCN(c2cccc(C=O)c2)C1. The van der Waals surface area contributed by atoms with Gasteiger partial charge in [-0.05, 0) is 31.9 Å². The van der Waals surface area contributed by atoms with E-state index in [9.17, 15) is 9.59 Å². The van der Waals surface area contributed by atoms with Crippen molar-refractivity contribution in [2.24, 2.45) is 5.92 Å². The molecule has 1 aromatic rings. The van der Waals surface area contributed by atoms with Crippen molar-refractivity contribution in [3.05, 3.63) is 29.8 Å². The van der Waals surface area contributed by atoms with Crippen molar-refractivity contribution in [2.45, 2.75) is 19.8 Å². The van der Waals surface area contributed by atoms with Gasteiger partial charge in [-0.1, -0.05) is 12.1 Å². The summed E-state index contributed by atoms with van der Waals surface area (Å²) in [7, 11) is 0. The zero-order valence-electron chi connectivity index (χ0n) is 11.2. The Labute approximate surface area is 113 Å². The molecular formula is C15H19NO3. The quantitative estimate of drug-likeness (QED) is 0.616. The molecule has 0 N–H and O–H groups in total. The molecule has 1 aromatic carbocycles. The van der Waals surface area contributed by atoms with Gasteiger partial charge in [0.15, 0.2) is 0 Å². The van der Waals surface area contributed by atoms with Gasteiger partial charge >= 0.3 is 5.97 Å². The van der Waals surface area contributed by atoms with Crippen LogP contribution in [0.15, 0.2) is 24.3 Å². The smallest absolute Gasteiger partial charge is 0.310 e. The van der Waals surface area contributed by atoms with Crippen molar-refractivity contribution in [3.63, 3.8) is 0 Å². The van der Waals surface area contributed by atoms with Crippen LogP contribution >= 0.6 is 0 Å². The number of esters is 1. The summed E-state index contributed by atoms with van der Waals surface area (Å²) in [6.07, 6.45) is 2.69. The summed E-state index contributed by atoms with van der Waals surface area (Å²) in [5.41, 5.74) is 1.66. The van der Waals surface area contributed by atoms with Gasteiger partial charge in [-0.2, -0.15) is 0 Å². The van der Waals surface area contributed by atoms with Crippen LogP contribution in [-0.2, 0) is 9.53 Å². The van der Waals surface area contributed by atoms with Crippen LogP contribution in [0.2, 0.25) is 0 Å². The van der Waals surface area contributed by atoms with Crippen LogP contribution in [0.3, 0.4) is 0 Å². The number of hydrogen-bond donors (Lipinski definition) is 0. The molecule has 1 aliphatic rings. The largest absolute Gasteiger partial charge is 0.466 e. The molecule has 0 bridgehead atoms. The third-order valence-electron chi connectivity index (χ3n) is 3.41. The molecule has 1 aliphatic heterocycles. The summed E-state index contributed by atoms with van der Waals surface area (Å²) in [4.78, 5) is 24.8. The molecule has 4 heteroatoms. The molecular weight excluding hydrogens is 242 g/mol. The van der Waals surface area contributed by atoms with Gasteiger partial charge in [0, 0.05) is 24.3 Å². The second-order valence-electron chi connectivity index (χ2n) is 4.75. The predicted molar refractivity (Wildman–Crippen MR) is 73.4 cm³/mol. The Morgan fingerprint density at radius 2 is 2.37 bits per heavy atom. The second-order valence-corrected chi connectivity index (χ2v) is 4.75. The highest BCUT2D eigenvalue weighted by Gasteiger charge is 2.26. The van der Waals surface area contributed by atoms with Crippen LogP contribution in [-0.4, -0.2) is 32.0 Å². The molecule has 0 spiro atoms. The molecule has 0 aliphatic carbocycles. The monoisotopic (exact) mass is 261 g/mol. The van der Waals surface area contributed by atoms with Gasteiger partial charge in [-0.3, -0.25) is 9.59 Å². The van der Waals surface area contributed by atoms with Crippen LogP contribution in [0.4, 0.5) is 5.69 Å². The molecule has 102 valence electrons. The fraction of sp³-hybridized carbons (Fsp3) is 0.467. The van der Waals surface area contributed by atoms with Gasteiger partial charge in [0.25, 0.3) is 0 Å². The first-order chi connectivity index (χ1) is 9.24. The maximum Gasteiger partial charge on any atom is 0.310 e. The van der Waals surface area contributed by atoms with Gasteiger partial charge in [0.1, 0.15) is 6.29 Å².